The fourth-order valence-electron chi connectivity index (χ4n) is 6.05. The van der Waals surface area contributed by atoms with E-state index in [2.05, 4.69) is 11.4 Å². The predicted molar refractivity (Wildman–Crippen MR) is 150 cm³/mol. The lowest BCUT2D eigenvalue weighted by Crippen LogP contribution is -2.59. The van der Waals surface area contributed by atoms with Gasteiger partial charge in [-0.15, -0.1) is 0 Å². The lowest BCUT2D eigenvalue weighted by Gasteiger charge is -2.44. The van der Waals surface area contributed by atoms with Crippen LogP contribution in [0.1, 0.15) is 46.2 Å². The summed E-state index contributed by atoms with van der Waals surface area (Å²) in [5.74, 6) is 0.0787. The average molecular weight is 532 g/mol. The maximum atomic E-state index is 13.9. The van der Waals surface area contributed by atoms with Gasteiger partial charge >= 0.3 is 0 Å². The molecule has 6 nitrogen and oxygen atoms in total. The summed E-state index contributed by atoms with van der Waals surface area (Å²) in [6.07, 6.45) is 1.69. The van der Waals surface area contributed by atoms with Crippen molar-refractivity contribution >= 4 is 15.9 Å². The highest BCUT2D eigenvalue weighted by Crippen LogP contribution is 2.37. The number of piperidine rings is 1. The number of carbonyl (C=O) groups excluding carboxylic acids is 1. The third-order valence-corrected chi connectivity index (χ3v) is 10.6. The number of carbonyl (C=O) groups is 1. The maximum absolute atomic E-state index is 13.9. The molecular weight excluding hydrogens is 494 g/mol. The summed E-state index contributed by atoms with van der Waals surface area (Å²) in [5, 5.41) is 3.68. The molecule has 2 aliphatic rings. The van der Waals surface area contributed by atoms with Crippen LogP contribution in [-0.4, -0.2) is 48.3 Å². The molecule has 200 valence electrons. The molecule has 0 bridgehead atoms. The molecule has 1 N–H and O–H groups in total. The van der Waals surface area contributed by atoms with E-state index in [1.165, 1.54) is 0 Å². The molecule has 0 aliphatic carbocycles. The lowest BCUT2D eigenvalue weighted by molar-refractivity contribution is -0.134. The molecule has 1 atom stereocenters. The van der Waals surface area contributed by atoms with Crippen LogP contribution in [0.15, 0.2) is 71.6 Å². The van der Waals surface area contributed by atoms with Gasteiger partial charge < -0.3 is 4.90 Å². The summed E-state index contributed by atoms with van der Waals surface area (Å²) >= 11 is 0. The third-order valence-electron chi connectivity index (χ3n) is 8.43. The summed E-state index contributed by atoms with van der Waals surface area (Å²) in [6, 6.07) is 21.8. The number of aryl methyl sites for hydroxylation is 2. The van der Waals surface area contributed by atoms with E-state index in [-0.39, 0.29) is 11.9 Å². The van der Waals surface area contributed by atoms with Crippen molar-refractivity contribution in [2.45, 2.75) is 70.1 Å². The molecular formula is C31H37N3O3S. The molecule has 0 aromatic heterocycles. The molecule has 0 saturated carbocycles. The van der Waals surface area contributed by atoms with Crippen LogP contribution in [0, 0.1) is 27.7 Å². The van der Waals surface area contributed by atoms with E-state index >= 15 is 0 Å². The van der Waals surface area contributed by atoms with Crippen molar-refractivity contribution in [3.05, 3.63) is 100 Å². The van der Waals surface area contributed by atoms with Gasteiger partial charge in [0.2, 0.25) is 15.9 Å². The first kappa shape index (κ1) is 26.6. The molecule has 1 amide bonds. The normalized spacial score (nSPS) is 19.8. The molecule has 0 radical (unpaired) electrons. The zero-order chi connectivity index (χ0) is 27.1. The van der Waals surface area contributed by atoms with Gasteiger partial charge in [0.1, 0.15) is 0 Å². The van der Waals surface area contributed by atoms with Crippen molar-refractivity contribution in [1.82, 2.24) is 14.5 Å². The molecule has 7 heteroatoms. The van der Waals surface area contributed by atoms with E-state index < -0.39 is 15.7 Å². The van der Waals surface area contributed by atoms with Crippen LogP contribution in [0.5, 0.6) is 0 Å². The molecule has 2 saturated heterocycles. The lowest BCUT2D eigenvalue weighted by atomic mass is 9.96. The topological polar surface area (TPSA) is 69.7 Å². The highest BCUT2D eigenvalue weighted by Gasteiger charge is 2.52. The Bertz CT molecular complexity index is 1400. The van der Waals surface area contributed by atoms with Crippen LogP contribution in [0.2, 0.25) is 0 Å². The van der Waals surface area contributed by atoms with Gasteiger partial charge in [0.05, 0.1) is 16.6 Å². The van der Waals surface area contributed by atoms with Gasteiger partial charge in [0, 0.05) is 19.6 Å². The number of nitrogens with zero attached hydrogens (tertiary/aromatic N) is 2. The van der Waals surface area contributed by atoms with Gasteiger partial charge in [-0.2, -0.15) is 4.31 Å². The number of sulfonamides is 1. The Balaban J connectivity index is 1.42. The summed E-state index contributed by atoms with van der Waals surface area (Å²) in [4.78, 5) is 16.2. The van der Waals surface area contributed by atoms with Crippen LogP contribution in [-0.2, 0) is 27.8 Å². The minimum Gasteiger partial charge on any atom is -0.319 e. The number of rotatable bonds is 6. The summed E-state index contributed by atoms with van der Waals surface area (Å²) in [6.45, 7) is 8.94. The SMILES string of the molecule is Cc1cc(C)c(C)c(S(=O)(=O)N2CCC3(CC2)NC(Cc2ccccc2)C(=O)N3Cc2ccccc2)c1C. The van der Waals surface area contributed by atoms with Gasteiger partial charge in [0.25, 0.3) is 0 Å². The van der Waals surface area contributed by atoms with Gasteiger partial charge in [-0.25, -0.2) is 8.42 Å². The third kappa shape index (κ3) is 4.79. The van der Waals surface area contributed by atoms with Crippen LogP contribution in [0.25, 0.3) is 0 Å². The first-order valence-electron chi connectivity index (χ1n) is 13.4. The number of amides is 1. The van der Waals surface area contributed by atoms with Gasteiger partial charge in [-0.1, -0.05) is 66.7 Å². The smallest absolute Gasteiger partial charge is 0.243 e. The van der Waals surface area contributed by atoms with Crippen molar-refractivity contribution in [3.63, 3.8) is 0 Å². The minimum absolute atomic E-state index is 0.0787. The molecule has 2 fully saturated rings. The molecule has 1 spiro atoms. The average Bonchev–Trinajstić information content (AvgIpc) is 3.14. The standard InChI is InChI=1S/C31H37N3O3S/c1-22-19-23(2)25(4)29(24(22)3)38(36,37)33-17-15-31(16-18-33)32-28(20-26-11-7-5-8-12-26)30(35)34(31)21-27-13-9-6-10-14-27/h5-14,19,28,32H,15-18,20-21H2,1-4H3. The van der Waals surface area contributed by atoms with E-state index in [0.717, 1.165) is 33.4 Å². The van der Waals surface area contributed by atoms with Crippen molar-refractivity contribution in [1.29, 1.82) is 0 Å². The highest BCUT2D eigenvalue weighted by atomic mass is 32.2. The molecule has 2 aliphatic heterocycles. The number of benzene rings is 3. The van der Waals surface area contributed by atoms with Gasteiger partial charge in [-0.3, -0.25) is 10.1 Å². The monoisotopic (exact) mass is 531 g/mol. The Morgan fingerprint density at radius 2 is 1.37 bits per heavy atom. The zero-order valence-corrected chi connectivity index (χ0v) is 23.5. The first-order valence-corrected chi connectivity index (χ1v) is 14.8. The van der Waals surface area contributed by atoms with E-state index in [4.69, 9.17) is 0 Å². The Morgan fingerprint density at radius 3 is 1.92 bits per heavy atom. The van der Waals surface area contributed by atoms with E-state index in [1.807, 2.05) is 93.3 Å². The van der Waals surface area contributed by atoms with E-state index in [1.54, 1.807) is 4.31 Å². The zero-order valence-electron chi connectivity index (χ0n) is 22.7. The number of hydrogen-bond acceptors (Lipinski definition) is 4. The molecule has 3 aromatic carbocycles. The summed E-state index contributed by atoms with van der Waals surface area (Å²) in [5.41, 5.74) is 5.20. The summed E-state index contributed by atoms with van der Waals surface area (Å²) in [7, 11) is -3.66. The molecule has 3 aromatic rings. The summed E-state index contributed by atoms with van der Waals surface area (Å²) < 4.78 is 29.4. The van der Waals surface area contributed by atoms with Crippen molar-refractivity contribution in [2.24, 2.45) is 0 Å². The second-order valence-electron chi connectivity index (χ2n) is 10.8. The second kappa shape index (κ2) is 10.3. The van der Waals surface area contributed by atoms with Crippen molar-refractivity contribution < 1.29 is 13.2 Å². The largest absolute Gasteiger partial charge is 0.319 e. The number of nitrogens with one attached hydrogen (secondary N) is 1. The Labute approximate surface area is 226 Å². The molecule has 1 unspecified atom stereocenters. The van der Waals surface area contributed by atoms with Crippen LogP contribution < -0.4 is 5.32 Å². The molecule has 38 heavy (non-hydrogen) atoms. The highest BCUT2D eigenvalue weighted by molar-refractivity contribution is 7.89. The van der Waals surface area contributed by atoms with Gasteiger partial charge in [0.15, 0.2) is 0 Å². The minimum atomic E-state index is -3.66. The van der Waals surface area contributed by atoms with Crippen LogP contribution in [0.3, 0.4) is 0 Å². The van der Waals surface area contributed by atoms with Gasteiger partial charge in [-0.05, 0) is 80.3 Å². The van der Waals surface area contributed by atoms with Crippen molar-refractivity contribution in [2.75, 3.05) is 13.1 Å². The second-order valence-corrected chi connectivity index (χ2v) is 12.7. The maximum Gasteiger partial charge on any atom is 0.243 e. The fourth-order valence-corrected chi connectivity index (χ4v) is 8.07. The fraction of sp³-hybridized carbons (Fsp3) is 0.387. The Hall–Kier alpha value is -3.00. The van der Waals surface area contributed by atoms with E-state index in [9.17, 15) is 13.2 Å². The Morgan fingerprint density at radius 1 is 0.842 bits per heavy atom. The Kier molecular flexibility index (Phi) is 7.20. The number of hydrogen-bond donors (Lipinski definition) is 1. The molecule has 5 rings (SSSR count). The van der Waals surface area contributed by atoms with Crippen LogP contribution in [0.4, 0.5) is 0 Å². The first-order chi connectivity index (χ1) is 18.1. The van der Waals surface area contributed by atoms with Crippen LogP contribution >= 0.6 is 0 Å². The molecule has 2 heterocycles. The predicted octanol–water partition coefficient (Wildman–Crippen LogP) is 4.64. The van der Waals surface area contributed by atoms with Crippen molar-refractivity contribution in [3.8, 4) is 0 Å². The van der Waals surface area contributed by atoms with E-state index in [0.29, 0.717) is 43.8 Å². The quantitative estimate of drug-likeness (QED) is 0.503.